The Morgan fingerprint density at radius 3 is 2.79 bits per heavy atom. The number of carbonyl (C=O) groups is 1. The fourth-order valence-corrected chi connectivity index (χ4v) is 4.47. The van der Waals surface area contributed by atoms with Crippen molar-refractivity contribution in [3.63, 3.8) is 0 Å². The smallest absolute Gasteiger partial charge is 0.225 e. The maximum absolute atomic E-state index is 12.7. The maximum Gasteiger partial charge on any atom is 0.225 e. The van der Waals surface area contributed by atoms with Crippen molar-refractivity contribution >= 4 is 35.8 Å². The average molecular weight is 563 g/mol. The van der Waals surface area contributed by atoms with Gasteiger partial charge in [-0.15, -0.1) is 24.0 Å². The zero-order valence-electron chi connectivity index (χ0n) is 19.2. The number of guanidine groups is 1. The Balaban J connectivity index is 0.00000306. The van der Waals surface area contributed by atoms with Crippen LogP contribution in [0, 0.1) is 5.92 Å². The Labute approximate surface area is 213 Å². The molecule has 1 saturated carbocycles. The quantitative estimate of drug-likeness (QED) is 0.305. The summed E-state index contributed by atoms with van der Waals surface area (Å²) in [6, 6.07) is 14.1. The molecule has 0 radical (unpaired) electrons. The number of nitrogens with zero attached hydrogens (tertiary/aromatic N) is 3. The molecule has 1 aromatic carbocycles. The molecule has 1 amide bonds. The summed E-state index contributed by atoms with van der Waals surface area (Å²) in [6.45, 7) is 2.67. The van der Waals surface area contributed by atoms with Crippen LogP contribution in [0.4, 0.5) is 0 Å². The number of rotatable bonds is 7. The van der Waals surface area contributed by atoms with E-state index in [1.165, 1.54) is 12.8 Å². The largest absolute Gasteiger partial charge is 0.487 e. The van der Waals surface area contributed by atoms with Gasteiger partial charge >= 0.3 is 0 Å². The molecule has 33 heavy (non-hydrogen) atoms. The molecule has 2 aliphatic rings. The lowest BCUT2D eigenvalue weighted by Crippen LogP contribution is -2.45. The van der Waals surface area contributed by atoms with E-state index in [4.69, 9.17) is 4.74 Å². The minimum absolute atomic E-state index is 0. The van der Waals surface area contributed by atoms with Crippen molar-refractivity contribution in [3.05, 3.63) is 59.9 Å². The first-order chi connectivity index (χ1) is 15.7. The van der Waals surface area contributed by atoms with E-state index in [1.54, 1.807) is 13.2 Å². The summed E-state index contributed by atoms with van der Waals surface area (Å²) < 4.78 is 5.88. The number of benzene rings is 1. The zero-order valence-corrected chi connectivity index (χ0v) is 21.5. The Hall–Kier alpha value is -2.36. The number of pyridine rings is 1. The van der Waals surface area contributed by atoms with Gasteiger partial charge in [0.05, 0.1) is 5.69 Å². The van der Waals surface area contributed by atoms with Crippen molar-refractivity contribution in [3.8, 4) is 5.75 Å². The lowest BCUT2D eigenvalue weighted by atomic mass is 10.1. The number of likely N-dealkylation sites (tertiary alicyclic amines) is 1. The lowest BCUT2D eigenvalue weighted by molar-refractivity contribution is -0.134. The van der Waals surface area contributed by atoms with Crippen molar-refractivity contribution in [1.29, 1.82) is 0 Å². The predicted octanol–water partition coefficient (Wildman–Crippen LogP) is 3.73. The van der Waals surface area contributed by atoms with Crippen LogP contribution >= 0.6 is 24.0 Å². The molecule has 1 unspecified atom stereocenters. The third kappa shape index (κ3) is 7.31. The molecule has 1 aliphatic carbocycles. The van der Waals surface area contributed by atoms with E-state index in [0.717, 1.165) is 55.3 Å². The Morgan fingerprint density at radius 2 is 2.03 bits per heavy atom. The maximum atomic E-state index is 12.7. The highest BCUT2D eigenvalue weighted by atomic mass is 127. The average Bonchev–Trinajstić information content (AvgIpc) is 3.53. The molecule has 7 nitrogen and oxygen atoms in total. The molecule has 2 heterocycles. The summed E-state index contributed by atoms with van der Waals surface area (Å²) in [5.41, 5.74) is 2.01. The van der Waals surface area contributed by atoms with Crippen LogP contribution in [0.3, 0.4) is 0 Å². The molecule has 2 aromatic rings. The monoisotopic (exact) mass is 563 g/mol. The topological polar surface area (TPSA) is 78.9 Å². The van der Waals surface area contributed by atoms with Crippen molar-refractivity contribution in [1.82, 2.24) is 20.5 Å². The minimum atomic E-state index is 0. The van der Waals surface area contributed by atoms with Crippen LogP contribution in [0.15, 0.2) is 53.7 Å². The molecule has 1 atom stereocenters. The number of halogens is 1. The SMILES string of the molecule is CN=C(NCc1cccc(OCc2ccccn2)c1)NC1CCN(C(=O)C2CCCC2)C1.I. The third-order valence-electron chi connectivity index (χ3n) is 6.24. The number of aromatic nitrogens is 1. The summed E-state index contributed by atoms with van der Waals surface area (Å²) in [5, 5.41) is 6.86. The highest BCUT2D eigenvalue weighted by Gasteiger charge is 2.32. The van der Waals surface area contributed by atoms with Gasteiger partial charge in [-0.1, -0.05) is 31.0 Å². The molecular formula is C25H34IN5O2. The highest BCUT2D eigenvalue weighted by molar-refractivity contribution is 14.0. The molecule has 8 heteroatoms. The van der Waals surface area contributed by atoms with E-state index in [0.29, 0.717) is 19.1 Å². The molecular weight excluding hydrogens is 529 g/mol. The van der Waals surface area contributed by atoms with Crippen LogP contribution < -0.4 is 15.4 Å². The van der Waals surface area contributed by atoms with Gasteiger partial charge in [-0.25, -0.2) is 0 Å². The molecule has 1 saturated heterocycles. The molecule has 4 rings (SSSR count). The van der Waals surface area contributed by atoms with Crippen LogP contribution in [0.25, 0.3) is 0 Å². The van der Waals surface area contributed by atoms with E-state index < -0.39 is 0 Å². The Kier molecular flexibility index (Phi) is 9.77. The van der Waals surface area contributed by atoms with Crippen molar-refractivity contribution < 1.29 is 9.53 Å². The van der Waals surface area contributed by atoms with Gasteiger partial charge in [-0.05, 0) is 49.1 Å². The van der Waals surface area contributed by atoms with Crippen LogP contribution in [0.1, 0.15) is 43.4 Å². The van der Waals surface area contributed by atoms with E-state index in [1.807, 2.05) is 41.3 Å². The fraction of sp³-hybridized carbons (Fsp3) is 0.480. The van der Waals surface area contributed by atoms with Crippen molar-refractivity contribution in [2.45, 2.75) is 51.3 Å². The summed E-state index contributed by atoms with van der Waals surface area (Å²) in [7, 11) is 1.78. The molecule has 1 aliphatic heterocycles. The number of hydrogen-bond donors (Lipinski definition) is 2. The third-order valence-corrected chi connectivity index (χ3v) is 6.24. The Bertz CT molecular complexity index is 918. The zero-order chi connectivity index (χ0) is 22.2. The summed E-state index contributed by atoms with van der Waals surface area (Å²) in [4.78, 5) is 23.4. The molecule has 2 N–H and O–H groups in total. The van der Waals surface area contributed by atoms with Crippen LogP contribution in [0.2, 0.25) is 0 Å². The second-order valence-electron chi connectivity index (χ2n) is 8.58. The number of amides is 1. The highest BCUT2D eigenvalue weighted by Crippen LogP contribution is 2.27. The molecule has 2 fully saturated rings. The second-order valence-corrected chi connectivity index (χ2v) is 8.58. The van der Waals surface area contributed by atoms with E-state index in [2.05, 4.69) is 26.7 Å². The normalized spacial score (nSPS) is 18.6. The van der Waals surface area contributed by atoms with E-state index in [-0.39, 0.29) is 35.9 Å². The number of ether oxygens (including phenoxy) is 1. The number of hydrogen-bond acceptors (Lipinski definition) is 4. The summed E-state index contributed by atoms with van der Waals surface area (Å²) in [6.07, 6.45) is 7.22. The van der Waals surface area contributed by atoms with Crippen LogP contribution in [-0.2, 0) is 17.9 Å². The predicted molar refractivity (Wildman–Crippen MR) is 141 cm³/mol. The van der Waals surface area contributed by atoms with Gasteiger partial charge in [0.15, 0.2) is 5.96 Å². The minimum Gasteiger partial charge on any atom is -0.487 e. The van der Waals surface area contributed by atoms with Gasteiger partial charge in [0, 0.05) is 44.8 Å². The van der Waals surface area contributed by atoms with Gasteiger partial charge in [-0.3, -0.25) is 14.8 Å². The first-order valence-electron chi connectivity index (χ1n) is 11.6. The van der Waals surface area contributed by atoms with Gasteiger partial charge in [0.2, 0.25) is 5.91 Å². The van der Waals surface area contributed by atoms with Gasteiger partial charge in [0.1, 0.15) is 12.4 Å². The molecule has 0 bridgehead atoms. The lowest BCUT2D eigenvalue weighted by Gasteiger charge is -2.21. The van der Waals surface area contributed by atoms with Gasteiger partial charge < -0.3 is 20.3 Å². The van der Waals surface area contributed by atoms with E-state index in [9.17, 15) is 4.79 Å². The molecule has 0 spiro atoms. The van der Waals surface area contributed by atoms with Crippen molar-refractivity contribution in [2.24, 2.45) is 10.9 Å². The summed E-state index contributed by atoms with van der Waals surface area (Å²) >= 11 is 0. The second kappa shape index (κ2) is 12.8. The van der Waals surface area contributed by atoms with Crippen molar-refractivity contribution in [2.75, 3.05) is 20.1 Å². The Morgan fingerprint density at radius 1 is 1.18 bits per heavy atom. The van der Waals surface area contributed by atoms with Gasteiger partial charge in [0.25, 0.3) is 0 Å². The van der Waals surface area contributed by atoms with E-state index >= 15 is 0 Å². The number of aliphatic imine (C=N–C) groups is 1. The number of carbonyl (C=O) groups excluding carboxylic acids is 1. The van der Waals surface area contributed by atoms with Crippen LogP contribution in [0.5, 0.6) is 5.75 Å². The standard InChI is InChI=1S/C25H33N5O2.HI/c1-26-25(29-21-12-14-30(17-21)24(31)20-8-2-3-9-20)28-16-19-7-6-11-23(15-19)32-18-22-10-4-5-13-27-22;/h4-7,10-11,13,15,20-21H,2-3,8-9,12,14,16-18H2,1H3,(H2,26,28,29);1H. The first-order valence-corrected chi connectivity index (χ1v) is 11.6. The van der Waals surface area contributed by atoms with Crippen LogP contribution in [-0.4, -0.2) is 47.9 Å². The summed E-state index contributed by atoms with van der Waals surface area (Å²) in [5.74, 6) is 2.16. The molecule has 1 aromatic heterocycles. The molecule has 178 valence electrons. The van der Waals surface area contributed by atoms with Gasteiger partial charge in [-0.2, -0.15) is 0 Å². The fourth-order valence-electron chi connectivity index (χ4n) is 4.47. The number of nitrogens with one attached hydrogen (secondary N) is 2. The first kappa shape index (κ1) is 25.3.